The maximum absolute atomic E-state index is 9.84. The van der Waals surface area contributed by atoms with E-state index in [1.54, 1.807) is 0 Å². The number of aromatic nitrogens is 1. The van der Waals surface area contributed by atoms with E-state index in [9.17, 15) is 5.11 Å². The second-order valence-electron chi connectivity index (χ2n) is 4.22. The molecule has 1 aliphatic rings. The summed E-state index contributed by atoms with van der Waals surface area (Å²) in [5.74, 6) is 0. The Balaban J connectivity index is 0.00000112. The van der Waals surface area contributed by atoms with Crippen molar-refractivity contribution in [3.05, 3.63) is 28.1 Å². The van der Waals surface area contributed by atoms with Crippen molar-refractivity contribution in [2.45, 2.75) is 46.1 Å². The molecule has 0 saturated heterocycles. The first kappa shape index (κ1) is 12.9. The van der Waals surface area contributed by atoms with Crippen molar-refractivity contribution in [2.75, 3.05) is 0 Å². The molecule has 0 aromatic carbocycles. The molecule has 0 radical (unpaired) electrons. The van der Waals surface area contributed by atoms with Crippen LogP contribution in [-0.2, 0) is 27.5 Å². The molecule has 2 nitrogen and oxygen atoms in total. The number of hydrogen-bond donors (Lipinski definition) is 1. The van der Waals surface area contributed by atoms with Gasteiger partial charge in [-0.05, 0) is 56.7 Å². The zero-order valence-corrected chi connectivity index (χ0v) is 12.4. The Labute approximate surface area is 105 Å². The maximum Gasteiger partial charge on any atom is 0.0962 e. The van der Waals surface area contributed by atoms with Crippen LogP contribution >= 0.6 is 0 Å². The van der Waals surface area contributed by atoms with Crippen LogP contribution in [0, 0.1) is 20.8 Å². The van der Waals surface area contributed by atoms with Crippen LogP contribution in [0.2, 0.25) is 0 Å². The van der Waals surface area contributed by atoms with E-state index >= 15 is 0 Å². The number of hydrogen-bond acceptors (Lipinski definition) is 2. The molecule has 0 amide bonds. The zero-order chi connectivity index (χ0) is 10.3. The largest absolute Gasteiger partial charge is 0.387 e. The van der Waals surface area contributed by atoms with E-state index in [0.717, 1.165) is 30.7 Å². The number of aryl methyl sites for hydroxylation is 1. The van der Waals surface area contributed by atoms with Crippen LogP contribution in [-0.4, -0.2) is 10.1 Å². The molecule has 1 heterocycles. The van der Waals surface area contributed by atoms with E-state index in [0.29, 0.717) is 0 Å². The summed E-state index contributed by atoms with van der Waals surface area (Å²) in [6, 6.07) is 0. The monoisotopic (exact) mass is 375 g/mol. The molecule has 1 atom stereocenters. The standard InChI is InChI=1S/C12H17NO.W/c1-7-8(2)10-5-4-6-11(14)12(10)13-9(7)3;/h11,14H,4-6H2,1-3H3;. The predicted octanol–water partition coefficient (Wildman–Crippen LogP) is 2.37. The maximum atomic E-state index is 9.84. The van der Waals surface area contributed by atoms with E-state index in [-0.39, 0.29) is 27.2 Å². The third kappa shape index (κ3) is 2.16. The first-order chi connectivity index (χ1) is 6.61. The molecule has 0 spiro atoms. The summed E-state index contributed by atoms with van der Waals surface area (Å²) in [5, 5.41) is 9.84. The number of rotatable bonds is 0. The summed E-state index contributed by atoms with van der Waals surface area (Å²) < 4.78 is 0. The molecule has 15 heavy (non-hydrogen) atoms. The molecule has 0 saturated carbocycles. The summed E-state index contributed by atoms with van der Waals surface area (Å²) in [6.07, 6.45) is 2.68. The van der Waals surface area contributed by atoms with E-state index in [2.05, 4.69) is 18.8 Å². The van der Waals surface area contributed by atoms with Gasteiger partial charge in [-0.15, -0.1) is 0 Å². The van der Waals surface area contributed by atoms with Crippen LogP contribution < -0.4 is 0 Å². The average molecular weight is 375 g/mol. The normalized spacial score (nSPS) is 19.3. The summed E-state index contributed by atoms with van der Waals surface area (Å²) in [6.45, 7) is 6.27. The minimum atomic E-state index is -0.336. The van der Waals surface area contributed by atoms with Gasteiger partial charge >= 0.3 is 0 Å². The Morgan fingerprint density at radius 1 is 1.20 bits per heavy atom. The van der Waals surface area contributed by atoms with Gasteiger partial charge in [0.2, 0.25) is 0 Å². The van der Waals surface area contributed by atoms with Gasteiger partial charge in [0.05, 0.1) is 11.8 Å². The number of nitrogens with zero attached hydrogens (tertiary/aromatic N) is 1. The fourth-order valence-corrected chi connectivity index (χ4v) is 2.22. The van der Waals surface area contributed by atoms with Crippen molar-refractivity contribution >= 4 is 0 Å². The molecule has 1 N–H and O–H groups in total. The van der Waals surface area contributed by atoms with Crippen molar-refractivity contribution < 1.29 is 26.2 Å². The van der Waals surface area contributed by atoms with Crippen molar-refractivity contribution in [1.82, 2.24) is 4.98 Å². The molecule has 1 aliphatic carbocycles. The molecule has 1 aromatic rings. The SMILES string of the molecule is Cc1nc2c(c(C)c1C)CCCC2O.[W]. The van der Waals surface area contributed by atoms with Gasteiger partial charge in [0.15, 0.2) is 0 Å². The van der Waals surface area contributed by atoms with E-state index in [4.69, 9.17) is 0 Å². The number of fused-ring (bicyclic) bond motifs is 1. The molecule has 82 valence electrons. The Morgan fingerprint density at radius 3 is 2.53 bits per heavy atom. The topological polar surface area (TPSA) is 33.1 Å². The van der Waals surface area contributed by atoms with Gasteiger partial charge in [-0.2, -0.15) is 0 Å². The number of aliphatic hydroxyl groups excluding tert-OH is 1. The fourth-order valence-electron chi connectivity index (χ4n) is 2.22. The van der Waals surface area contributed by atoms with Crippen LogP contribution in [0.3, 0.4) is 0 Å². The third-order valence-corrected chi connectivity index (χ3v) is 3.38. The Morgan fingerprint density at radius 2 is 1.87 bits per heavy atom. The van der Waals surface area contributed by atoms with Gasteiger partial charge in [-0.25, -0.2) is 0 Å². The van der Waals surface area contributed by atoms with Gasteiger partial charge in [0.1, 0.15) is 0 Å². The molecule has 0 fully saturated rings. The van der Waals surface area contributed by atoms with E-state index in [1.807, 2.05) is 6.92 Å². The minimum absolute atomic E-state index is 0. The van der Waals surface area contributed by atoms with Crippen molar-refractivity contribution in [3.8, 4) is 0 Å². The first-order valence-corrected chi connectivity index (χ1v) is 5.26. The minimum Gasteiger partial charge on any atom is -0.387 e. The van der Waals surface area contributed by atoms with Crippen LogP contribution in [0.5, 0.6) is 0 Å². The molecular formula is C12H17NOW. The second-order valence-corrected chi connectivity index (χ2v) is 4.22. The second kappa shape index (κ2) is 4.76. The van der Waals surface area contributed by atoms with Crippen molar-refractivity contribution in [2.24, 2.45) is 0 Å². The number of pyridine rings is 1. The molecule has 3 heteroatoms. The first-order valence-electron chi connectivity index (χ1n) is 5.26. The smallest absolute Gasteiger partial charge is 0.0962 e. The van der Waals surface area contributed by atoms with E-state index in [1.165, 1.54) is 16.7 Å². The molecule has 1 unspecified atom stereocenters. The fraction of sp³-hybridized carbons (Fsp3) is 0.583. The van der Waals surface area contributed by atoms with Gasteiger partial charge in [-0.3, -0.25) is 4.98 Å². The molecule has 2 rings (SSSR count). The summed E-state index contributed by atoms with van der Waals surface area (Å²) in [7, 11) is 0. The van der Waals surface area contributed by atoms with Gasteiger partial charge < -0.3 is 5.11 Å². The van der Waals surface area contributed by atoms with Crippen LogP contribution in [0.1, 0.15) is 47.0 Å². The Bertz CT molecular complexity index is 376. The molecule has 0 aliphatic heterocycles. The summed E-state index contributed by atoms with van der Waals surface area (Å²) >= 11 is 0. The van der Waals surface area contributed by atoms with Crippen LogP contribution in [0.15, 0.2) is 0 Å². The molecule has 1 aromatic heterocycles. The summed E-state index contributed by atoms with van der Waals surface area (Å²) in [4.78, 5) is 4.51. The van der Waals surface area contributed by atoms with Crippen molar-refractivity contribution in [1.29, 1.82) is 0 Å². The average Bonchev–Trinajstić information content (AvgIpc) is 2.17. The van der Waals surface area contributed by atoms with E-state index < -0.39 is 0 Å². The summed E-state index contributed by atoms with van der Waals surface area (Å²) in [5.41, 5.74) is 5.87. The van der Waals surface area contributed by atoms with Crippen LogP contribution in [0.4, 0.5) is 0 Å². The predicted molar refractivity (Wildman–Crippen MR) is 56.3 cm³/mol. The Kier molecular flexibility index (Phi) is 4.08. The molecular weight excluding hydrogens is 358 g/mol. The van der Waals surface area contributed by atoms with Gasteiger partial charge in [0, 0.05) is 26.8 Å². The van der Waals surface area contributed by atoms with Gasteiger partial charge in [0.25, 0.3) is 0 Å². The molecule has 0 bridgehead atoms. The van der Waals surface area contributed by atoms with Crippen molar-refractivity contribution in [3.63, 3.8) is 0 Å². The third-order valence-electron chi connectivity index (χ3n) is 3.38. The zero-order valence-electron chi connectivity index (χ0n) is 9.50. The quantitative estimate of drug-likeness (QED) is 0.756. The van der Waals surface area contributed by atoms with Crippen LogP contribution in [0.25, 0.3) is 0 Å². The van der Waals surface area contributed by atoms with Gasteiger partial charge in [-0.1, -0.05) is 0 Å². The number of aliphatic hydroxyl groups is 1. The Hall–Kier alpha value is -0.202.